The molecule has 0 radical (unpaired) electrons. The van der Waals surface area contributed by atoms with Gasteiger partial charge in [0.2, 0.25) is 0 Å². The summed E-state index contributed by atoms with van der Waals surface area (Å²) in [5, 5.41) is 32.1. The molecule has 5 heteroatoms. The van der Waals surface area contributed by atoms with Crippen molar-refractivity contribution in [2.24, 2.45) is 58.2 Å². The van der Waals surface area contributed by atoms with Crippen LogP contribution in [0, 0.1) is 58.2 Å². The van der Waals surface area contributed by atoms with Crippen molar-refractivity contribution in [2.75, 3.05) is 6.61 Å². The van der Waals surface area contributed by atoms with Crippen LogP contribution in [0.1, 0.15) is 118 Å². The van der Waals surface area contributed by atoms with Gasteiger partial charge in [-0.15, -0.1) is 0 Å². The molecule has 0 aromatic rings. The lowest BCUT2D eigenvalue weighted by molar-refractivity contribution is -0.203. The van der Waals surface area contributed by atoms with Crippen LogP contribution in [0.3, 0.4) is 0 Å². The van der Waals surface area contributed by atoms with Crippen molar-refractivity contribution in [3.63, 3.8) is 0 Å². The van der Waals surface area contributed by atoms with Crippen LogP contribution >= 0.6 is 0 Å². The van der Waals surface area contributed by atoms with Crippen molar-refractivity contribution in [1.82, 2.24) is 0 Å². The molecule has 0 spiro atoms. The van der Waals surface area contributed by atoms with Gasteiger partial charge in [0.25, 0.3) is 0 Å². The van der Waals surface area contributed by atoms with E-state index in [0.29, 0.717) is 60.4 Å². The van der Waals surface area contributed by atoms with Crippen molar-refractivity contribution in [3.8, 4) is 0 Å². The molecule has 0 bridgehead atoms. The Kier molecular flexibility index (Phi) is 8.60. The summed E-state index contributed by atoms with van der Waals surface area (Å²) >= 11 is 0. The molecular weight excluding hydrogens is 476 g/mol. The van der Waals surface area contributed by atoms with Gasteiger partial charge in [0.05, 0.1) is 24.9 Å². The maximum Gasteiger partial charge on any atom is 0.306 e. The minimum absolute atomic E-state index is 0.0639. The second-order valence-corrected chi connectivity index (χ2v) is 15.0. The molecule has 11 atom stereocenters. The topological polar surface area (TPSA) is 87.0 Å². The van der Waals surface area contributed by atoms with Gasteiger partial charge < -0.3 is 20.1 Å². The minimum atomic E-state index is -0.242. The third-order valence-electron chi connectivity index (χ3n) is 13.3. The smallest absolute Gasteiger partial charge is 0.306 e. The monoisotopic (exact) mass is 532 g/mol. The van der Waals surface area contributed by atoms with Gasteiger partial charge in [-0.1, -0.05) is 34.1 Å². The van der Waals surface area contributed by atoms with Gasteiger partial charge in [-0.05, 0) is 135 Å². The standard InChI is InChI=1S/C33H56O5/c1-5-24-28-19-23(35)12-15-33(28,4)27-13-16-32(3)25(10-11-26(32)30(27)31(24)37)20(2)14-17-38-29(36)18-21-6-8-22(34)9-7-21/h20-28,30-31,34-35,37H,5-19H2,1-4H3/t20-,21?,22?,23-,24-,25-,26+,27+,28+,30+,31-,32-,33-/m1/s1. The number of rotatable bonds is 7. The summed E-state index contributed by atoms with van der Waals surface area (Å²) in [6.45, 7) is 10.2. The predicted octanol–water partition coefficient (Wildman–Crippen LogP) is 6.12. The maximum atomic E-state index is 12.5. The Morgan fingerprint density at radius 3 is 2.26 bits per heavy atom. The van der Waals surface area contributed by atoms with Crippen molar-refractivity contribution in [2.45, 2.75) is 136 Å². The lowest BCUT2D eigenvalue weighted by Gasteiger charge is -2.64. The van der Waals surface area contributed by atoms with Gasteiger partial charge in [0.15, 0.2) is 0 Å². The fourth-order valence-electron chi connectivity index (χ4n) is 11.1. The van der Waals surface area contributed by atoms with Crippen molar-refractivity contribution in [1.29, 1.82) is 0 Å². The number of esters is 1. The summed E-state index contributed by atoms with van der Waals surface area (Å²) in [6, 6.07) is 0. The first kappa shape index (κ1) is 28.9. The molecule has 218 valence electrons. The zero-order valence-electron chi connectivity index (χ0n) is 24.6. The minimum Gasteiger partial charge on any atom is -0.466 e. The van der Waals surface area contributed by atoms with Gasteiger partial charge in [0, 0.05) is 6.42 Å². The summed E-state index contributed by atoms with van der Waals surface area (Å²) in [5.41, 5.74) is 0.504. The Bertz CT molecular complexity index is 822. The number of aliphatic hydroxyl groups is 3. The molecule has 0 heterocycles. The number of carbonyl (C=O) groups excluding carboxylic acids is 1. The van der Waals surface area contributed by atoms with E-state index in [9.17, 15) is 20.1 Å². The first-order valence-electron chi connectivity index (χ1n) is 16.3. The van der Waals surface area contributed by atoms with Crippen LogP contribution in [0.15, 0.2) is 0 Å². The van der Waals surface area contributed by atoms with E-state index >= 15 is 0 Å². The molecule has 5 aliphatic carbocycles. The lowest BCUT2D eigenvalue weighted by atomic mass is 9.41. The van der Waals surface area contributed by atoms with Crippen LogP contribution in [-0.4, -0.2) is 46.2 Å². The van der Waals surface area contributed by atoms with E-state index in [2.05, 4.69) is 27.7 Å². The number of carbonyl (C=O) groups is 1. The molecule has 5 saturated carbocycles. The third kappa shape index (κ3) is 5.11. The molecule has 5 nitrogen and oxygen atoms in total. The zero-order chi connectivity index (χ0) is 27.2. The van der Waals surface area contributed by atoms with Crippen LogP contribution in [0.25, 0.3) is 0 Å². The van der Waals surface area contributed by atoms with Crippen LogP contribution in [-0.2, 0) is 9.53 Å². The Balaban J connectivity index is 1.20. The van der Waals surface area contributed by atoms with E-state index in [4.69, 9.17) is 4.74 Å². The maximum absolute atomic E-state index is 12.5. The van der Waals surface area contributed by atoms with Crippen LogP contribution < -0.4 is 0 Å². The summed E-state index contributed by atoms with van der Waals surface area (Å²) < 4.78 is 5.72. The molecule has 0 unspecified atom stereocenters. The SMILES string of the molecule is CC[C@H]1[C@@H](O)[C@@H]2[C@H](CC[C@]3(C)[C@@H]([C@H](C)CCOC(=O)CC4CCC(O)CC4)CC[C@@H]23)[C@@]2(C)CC[C@@H](O)C[C@@H]12. The number of hydrogen-bond acceptors (Lipinski definition) is 5. The molecule has 0 aromatic heterocycles. The number of ether oxygens (including phenoxy) is 1. The lowest BCUT2D eigenvalue weighted by Crippen LogP contribution is -2.62. The van der Waals surface area contributed by atoms with Crippen LogP contribution in [0.4, 0.5) is 0 Å². The van der Waals surface area contributed by atoms with Gasteiger partial charge in [-0.2, -0.15) is 0 Å². The van der Waals surface area contributed by atoms with Gasteiger partial charge in [-0.25, -0.2) is 0 Å². The van der Waals surface area contributed by atoms with E-state index < -0.39 is 0 Å². The first-order valence-corrected chi connectivity index (χ1v) is 16.3. The molecule has 0 amide bonds. The summed E-state index contributed by atoms with van der Waals surface area (Å²) in [4.78, 5) is 12.5. The zero-order valence-corrected chi connectivity index (χ0v) is 24.6. The molecule has 5 rings (SSSR count). The van der Waals surface area contributed by atoms with Crippen molar-refractivity contribution < 1.29 is 24.9 Å². The highest BCUT2D eigenvalue weighted by Crippen LogP contribution is 2.69. The molecule has 38 heavy (non-hydrogen) atoms. The summed E-state index contributed by atoms with van der Waals surface area (Å²) in [7, 11) is 0. The Labute approximate surface area is 231 Å². The highest BCUT2D eigenvalue weighted by molar-refractivity contribution is 5.69. The van der Waals surface area contributed by atoms with Crippen molar-refractivity contribution >= 4 is 5.97 Å². The quantitative estimate of drug-likeness (QED) is 0.344. The van der Waals surface area contributed by atoms with E-state index in [1.54, 1.807) is 0 Å². The molecular formula is C33H56O5. The van der Waals surface area contributed by atoms with E-state index in [1.807, 2.05) is 0 Å². The third-order valence-corrected chi connectivity index (χ3v) is 13.3. The first-order chi connectivity index (χ1) is 18.1. The van der Waals surface area contributed by atoms with E-state index in [-0.39, 0.29) is 35.1 Å². The predicted molar refractivity (Wildman–Crippen MR) is 149 cm³/mol. The molecule has 5 aliphatic rings. The average Bonchev–Trinajstić information content (AvgIpc) is 3.24. The number of fused-ring (bicyclic) bond motifs is 5. The Morgan fingerprint density at radius 1 is 0.868 bits per heavy atom. The average molecular weight is 533 g/mol. The van der Waals surface area contributed by atoms with Crippen LogP contribution in [0.5, 0.6) is 0 Å². The summed E-state index contributed by atoms with van der Waals surface area (Å²) in [6.07, 6.45) is 13.1. The van der Waals surface area contributed by atoms with Gasteiger partial charge in [0.1, 0.15) is 0 Å². The Morgan fingerprint density at radius 2 is 1.55 bits per heavy atom. The molecule has 3 N–H and O–H groups in total. The van der Waals surface area contributed by atoms with Gasteiger partial charge in [-0.3, -0.25) is 4.79 Å². The fourth-order valence-corrected chi connectivity index (χ4v) is 11.1. The second-order valence-electron chi connectivity index (χ2n) is 15.0. The number of hydrogen-bond donors (Lipinski definition) is 3. The van der Waals surface area contributed by atoms with Crippen LogP contribution in [0.2, 0.25) is 0 Å². The largest absolute Gasteiger partial charge is 0.466 e. The molecule has 0 saturated heterocycles. The second kappa shape index (κ2) is 11.3. The highest BCUT2D eigenvalue weighted by atomic mass is 16.5. The van der Waals surface area contributed by atoms with Crippen molar-refractivity contribution in [3.05, 3.63) is 0 Å². The normalized spacial score (nSPS) is 49.4. The Hall–Kier alpha value is -0.650. The molecule has 0 aromatic carbocycles. The fraction of sp³-hybridized carbons (Fsp3) is 0.970. The van der Waals surface area contributed by atoms with Gasteiger partial charge >= 0.3 is 5.97 Å². The highest BCUT2D eigenvalue weighted by Gasteiger charge is 2.64. The summed E-state index contributed by atoms with van der Waals surface area (Å²) in [5.74, 6) is 3.73. The molecule has 5 fully saturated rings. The van der Waals surface area contributed by atoms with E-state index in [0.717, 1.165) is 57.8 Å². The molecule has 0 aliphatic heterocycles. The number of aliphatic hydroxyl groups excluding tert-OH is 3. The van der Waals surface area contributed by atoms with E-state index in [1.165, 1.54) is 25.7 Å².